The highest BCUT2D eigenvalue weighted by atomic mass is 16.4. The van der Waals surface area contributed by atoms with Gasteiger partial charge in [-0.05, 0) is 30.2 Å². The molecule has 1 heterocycles. The number of aromatic nitrogens is 1. The van der Waals surface area contributed by atoms with Crippen LogP contribution in [0.25, 0.3) is 0 Å². The van der Waals surface area contributed by atoms with Crippen molar-refractivity contribution in [1.82, 2.24) is 4.98 Å². The topological polar surface area (TPSA) is 62.2 Å². The first-order valence-electron chi connectivity index (χ1n) is 6.25. The molecule has 2 rings (SSSR count). The molecule has 0 aliphatic heterocycles. The van der Waals surface area contributed by atoms with Crippen molar-refractivity contribution in [3.63, 3.8) is 0 Å². The first-order valence-corrected chi connectivity index (χ1v) is 6.25. The smallest absolute Gasteiger partial charge is 0.354 e. The van der Waals surface area contributed by atoms with Crippen molar-refractivity contribution in [2.75, 3.05) is 5.32 Å². The van der Waals surface area contributed by atoms with Gasteiger partial charge < -0.3 is 10.4 Å². The Bertz CT molecular complexity index is 565. The quantitative estimate of drug-likeness (QED) is 0.859. The number of hydrogen-bond acceptors (Lipinski definition) is 3. The zero-order chi connectivity index (χ0) is 13.7. The van der Waals surface area contributed by atoms with Crippen LogP contribution in [0, 0.1) is 0 Å². The van der Waals surface area contributed by atoms with Gasteiger partial charge in [-0.2, -0.15) is 0 Å². The standard InChI is InChI=1S/C15H16N2O2/c1-2-5-11-6-3-4-7-13(11)17-12-8-9-14(15(18)19)16-10-12/h3-4,6-10,17H,2,5H2,1H3,(H,18,19). The second-order valence-corrected chi connectivity index (χ2v) is 4.27. The van der Waals surface area contributed by atoms with Crippen molar-refractivity contribution >= 4 is 17.3 Å². The van der Waals surface area contributed by atoms with Gasteiger partial charge in [0.15, 0.2) is 0 Å². The molecule has 2 aromatic rings. The van der Waals surface area contributed by atoms with Gasteiger partial charge in [0.2, 0.25) is 0 Å². The van der Waals surface area contributed by atoms with Crippen molar-refractivity contribution in [2.45, 2.75) is 19.8 Å². The Morgan fingerprint density at radius 1 is 1.26 bits per heavy atom. The molecule has 0 aliphatic carbocycles. The third kappa shape index (κ3) is 3.31. The number of nitrogens with zero attached hydrogens (tertiary/aromatic N) is 1. The second-order valence-electron chi connectivity index (χ2n) is 4.27. The lowest BCUT2D eigenvalue weighted by Crippen LogP contribution is -2.01. The van der Waals surface area contributed by atoms with Gasteiger partial charge in [0.05, 0.1) is 11.9 Å². The molecule has 1 aromatic carbocycles. The van der Waals surface area contributed by atoms with Gasteiger partial charge >= 0.3 is 5.97 Å². The maximum Gasteiger partial charge on any atom is 0.354 e. The molecule has 98 valence electrons. The number of benzene rings is 1. The molecular weight excluding hydrogens is 240 g/mol. The molecule has 0 bridgehead atoms. The van der Waals surface area contributed by atoms with E-state index in [1.807, 2.05) is 18.2 Å². The molecule has 0 saturated heterocycles. The molecule has 0 aliphatic rings. The Labute approximate surface area is 112 Å². The zero-order valence-electron chi connectivity index (χ0n) is 10.8. The van der Waals surface area contributed by atoms with Crippen molar-refractivity contribution in [3.8, 4) is 0 Å². The van der Waals surface area contributed by atoms with Gasteiger partial charge in [0, 0.05) is 5.69 Å². The Hall–Kier alpha value is -2.36. The minimum Gasteiger partial charge on any atom is -0.477 e. The number of para-hydroxylation sites is 1. The van der Waals surface area contributed by atoms with Crippen molar-refractivity contribution in [2.24, 2.45) is 0 Å². The summed E-state index contributed by atoms with van der Waals surface area (Å²) in [6.07, 6.45) is 3.62. The van der Waals surface area contributed by atoms with Gasteiger partial charge in [0.25, 0.3) is 0 Å². The number of rotatable bonds is 5. The van der Waals surface area contributed by atoms with Crippen LogP contribution in [0.1, 0.15) is 29.4 Å². The van der Waals surface area contributed by atoms with Crippen LogP contribution in [0.15, 0.2) is 42.6 Å². The van der Waals surface area contributed by atoms with E-state index < -0.39 is 5.97 Å². The molecule has 0 spiro atoms. The number of carbonyl (C=O) groups is 1. The van der Waals surface area contributed by atoms with E-state index in [4.69, 9.17) is 5.11 Å². The average molecular weight is 256 g/mol. The summed E-state index contributed by atoms with van der Waals surface area (Å²) in [4.78, 5) is 14.6. The van der Waals surface area contributed by atoms with E-state index in [-0.39, 0.29) is 5.69 Å². The van der Waals surface area contributed by atoms with Crippen molar-refractivity contribution in [3.05, 3.63) is 53.9 Å². The van der Waals surface area contributed by atoms with Crippen LogP contribution in [0.5, 0.6) is 0 Å². The van der Waals surface area contributed by atoms with Crippen LogP contribution in [-0.2, 0) is 6.42 Å². The monoisotopic (exact) mass is 256 g/mol. The largest absolute Gasteiger partial charge is 0.477 e. The number of hydrogen-bond donors (Lipinski definition) is 2. The summed E-state index contributed by atoms with van der Waals surface area (Å²) in [7, 11) is 0. The predicted molar refractivity (Wildman–Crippen MR) is 74.9 cm³/mol. The maximum atomic E-state index is 10.7. The third-order valence-electron chi connectivity index (χ3n) is 2.80. The summed E-state index contributed by atoms with van der Waals surface area (Å²) in [6, 6.07) is 11.3. The van der Waals surface area contributed by atoms with E-state index in [0.29, 0.717) is 0 Å². The maximum absolute atomic E-state index is 10.7. The molecule has 0 fully saturated rings. The molecule has 0 unspecified atom stereocenters. The fraction of sp³-hybridized carbons (Fsp3) is 0.200. The molecule has 0 atom stereocenters. The first kappa shape index (κ1) is 13.1. The highest BCUT2D eigenvalue weighted by Crippen LogP contribution is 2.21. The molecule has 0 radical (unpaired) electrons. The van der Waals surface area contributed by atoms with Gasteiger partial charge in [-0.15, -0.1) is 0 Å². The van der Waals surface area contributed by atoms with E-state index in [2.05, 4.69) is 23.3 Å². The summed E-state index contributed by atoms with van der Waals surface area (Å²) >= 11 is 0. The van der Waals surface area contributed by atoms with E-state index in [9.17, 15) is 4.79 Å². The number of nitrogens with one attached hydrogen (secondary N) is 1. The lowest BCUT2D eigenvalue weighted by Gasteiger charge is -2.11. The average Bonchev–Trinajstić information content (AvgIpc) is 2.42. The summed E-state index contributed by atoms with van der Waals surface area (Å²) < 4.78 is 0. The normalized spacial score (nSPS) is 10.2. The molecule has 2 N–H and O–H groups in total. The summed E-state index contributed by atoms with van der Waals surface area (Å²) in [5.41, 5.74) is 3.11. The predicted octanol–water partition coefficient (Wildman–Crippen LogP) is 3.48. The molecule has 0 saturated carbocycles. The summed E-state index contributed by atoms with van der Waals surface area (Å²) in [5.74, 6) is -1.02. The van der Waals surface area contributed by atoms with Gasteiger partial charge in [-0.1, -0.05) is 31.5 Å². The van der Waals surface area contributed by atoms with E-state index in [0.717, 1.165) is 24.2 Å². The number of anilines is 2. The van der Waals surface area contributed by atoms with Gasteiger partial charge in [0.1, 0.15) is 5.69 Å². The lowest BCUT2D eigenvalue weighted by atomic mass is 10.1. The Kier molecular flexibility index (Phi) is 4.13. The highest BCUT2D eigenvalue weighted by molar-refractivity contribution is 5.85. The highest BCUT2D eigenvalue weighted by Gasteiger charge is 2.05. The summed E-state index contributed by atoms with van der Waals surface area (Å²) in [5, 5.41) is 12.1. The number of aromatic carboxylic acids is 1. The Morgan fingerprint density at radius 3 is 2.68 bits per heavy atom. The van der Waals surface area contributed by atoms with E-state index >= 15 is 0 Å². The van der Waals surface area contributed by atoms with Crippen LogP contribution < -0.4 is 5.32 Å². The van der Waals surface area contributed by atoms with Crippen LogP contribution in [0.2, 0.25) is 0 Å². The van der Waals surface area contributed by atoms with Gasteiger partial charge in [-0.3, -0.25) is 0 Å². The first-order chi connectivity index (χ1) is 9.20. The zero-order valence-corrected chi connectivity index (χ0v) is 10.8. The van der Waals surface area contributed by atoms with Crippen molar-refractivity contribution in [1.29, 1.82) is 0 Å². The lowest BCUT2D eigenvalue weighted by molar-refractivity contribution is 0.0690. The van der Waals surface area contributed by atoms with Crippen LogP contribution >= 0.6 is 0 Å². The SMILES string of the molecule is CCCc1ccccc1Nc1ccc(C(=O)O)nc1. The van der Waals surface area contributed by atoms with Crippen LogP contribution in [-0.4, -0.2) is 16.1 Å². The Morgan fingerprint density at radius 2 is 2.05 bits per heavy atom. The number of pyridine rings is 1. The molecular formula is C15H16N2O2. The fourth-order valence-electron chi connectivity index (χ4n) is 1.88. The second kappa shape index (κ2) is 6.00. The number of carboxylic acid groups (broad SMARTS) is 1. The third-order valence-corrected chi connectivity index (χ3v) is 2.80. The molecule has 4 nitrogen and oxygen atoms in total. The number of aryl methyl sites for hydroxylation is 1. The molecule has 4 heteroatoms. The fourth-order valence-corrected chi connectivity index (χ4v) is 1.88. The number of carboxylic acids is 1. The molecule has 0 amide bonds. The van der Waals surface area contributed by atoms with Crippen molar-refractivity contribution < 1.29 is 9.90 Å². The molecule has 1 aromatic heterocycles. The summed E-state index contributed by atoms with van der Waals surface area (Å²) in [6.45, 7) is 2.14. The Balaban J connectivity index is 2.19. The van der Waals surface area contributed by atoms with Crippen LogP contribution in [0.4, 0.5) is 11.4 Å². The minimum absolute atomic E-state index is 0.0485. The minimum atomic E-state index is -1.02. The van der Waals surface area contributed by atoms with Gasteiger partial charge in [-0.25, -0.2) is 9.78 Å². The van der Waals surface area contributed by atoms with E-state index in [1.54, 1.807) is 6.07 Å². The van der Waals surface area contributed by atoms with Crippen LogP contribution in [0.3, 0.4) is 0 Å². The molecule has 19 heavy (non-hydrogen) atoms. The van der Waals surface area contributed by atoms with E-state index in [1.165, 1.54) is 17.8 Å².